The lowest BCUT2D eigenvalue weighted by Gasteiger charge is -2.26. The zero-order valence-electron chi connectivity index (χ0n) is 9.15. The highest BCUT2D eigenvalue weighted by atomic mass is 19.4. The first kappa shape index (κ1) is 12.4. The van der Waals surface area contributed by atoms with Gasteiger partial charge in [0.2, 0.25) is 0 Å². The highest BCUT2D eigenvalue weighted by Gasteiger charge is 2.31. The van der Waals surface area contributed by atoms with Gasteiger partial charge in [-0.05, 0) is 25.0 Å². The summed E-state index contributed by atoms with van der Waals surface area (Å²) in [7, 11) is 0. The van der Waals surface area contributed by atoms with E-state index in [2.05, 4.69) is 5.32 Å². The summed E-state index contributed by atoms with van der Waals surface area (Å²) in [6.07, 6.45) is -1.21. The molecule has 2 rings (SSSR count). The number of halogens is 4. The Morgan fingerprint density at radius 2 is 1.94 bits per heavy atom. The lowest BCUT2D eigenvalue weighted by Crippen LogP contribution is -2.34. The maximum absolute atomic E-state index is 13.4. The molecule has 5 heteroatoms. The number of nitrogens with one attached hydrogen (secondary N) is 1. The van der Waals surface area contributed by atoms with Gasteiger partial charge in [0.05, 0.1) is 5.56 Å². The van der Waals surface area contributed by atoms with Crippen LogP contribution >= 0.6 is 0 Å². The molecule has 0 radical (unpaired) electrons. The van der Waals surface area contributed by atoms with Gasteiger partial charge < -0.3 is 5.32 Å². The van der Waals surface area contributed by atoms with E-state index < -0.39 is 17.6 Å². The molecule has 0 aliphatic heterocycles. The summed E-state index contributed by atoms with van der Waals surface area (Å²) in [4.78, 5) is 0. The summed E-state index contributed by atoms with van der Waals surface area (Å²) >= 11 is 0. The summed E-state index contributed by atoms with van der Waals surface area (Å²) in [6.45, 7) is 0.286. The molecule has 0 heterocycles. The van der Waals surface area contributed by atoms with Gasteiger partial charge >= 0.3 is 6.18 Å². The van der Waals surface area contributed by atoms with E-state index in [0.29, 0.717) is 12.1 Å². The minimum Gasteiger partial charge on any atom is -0.310 e. The minimum absolute atomic E-state index is 0.282. The predicted molar refractivity (Wildman–Crippen MR) is 55.9 cm³/mol. The highest BCUT2D eigenvalue weighted by Crippen LogP contribution is 2.30. The Morgan fingerprint density at radius 1 is 1.24 bits per heavy atom. The van der Waals surface area contributed by atoms with Crippen molar-refractivity contribution >= 4 is 0 Å². The van der Waals surface area contributed by atoms with Crippen LogP contribution in [-0.2, 0) is 12.7 Å². The van der Waals surface area contributed by atoms with Gasteiger partial charge in [-0.1, -0.05) is 12.5 Å². The second-order valence-electron chi connectivity index (χ2n) is 4.31. The number of alkyl halides is 3. The molecule has 0 saturated heterocycles. The zero-order valence-corrected chi connectivity index (χ0v) is 9.15. The molecule has 1 aliphatic rings. The van der Waals surface area contributed by atoms with Gasteiger partial charge in [-0.15, -0.1) is 0 Å². The van der Waals surface area contributed by atoms with E-state index in [-0.39, 0.29) is 12.1 Å². The first-order chi connectivity index (χ1) is 7.97. The van der Waals surface area contributed by atoms with Crippen LogP contribution in [0.1, 0.15) is 30.4 Å². The Balaban J connectivity index is 2.03. The van der Waals surface area contributed by atoms with E-state index in [9.17, 15) is 17.6 Å². The van der Waals surface area contributed by atoms with Crippen LogP contribution in [0.15, 0.2) is 18.2 Å². The number of hydrogen-bond acceptors (Lipinski definition) is 1. The van der Waals surface area contributed by atoms with Crippen LogP contribution < -0.4 is 5.32 Å². The molecule has 1 nitrogen and oxygen atoms in total. The maximum atomic E-state index is 13.4. The number of benzene rings is 1. The molecule has 0 atom stereocenters. The molecule has 0 bridgehead atoms. The summed E-state index contributed by atoms with van der Waals surface area (Å²) in [5.74, 6) is -0.799. The largest absolute Gasteiger partial charge is 0.416 e. The fourth-order valence-corrected chi connectivity index (χ4v) is 1.73. The van der Waals surface area contributed by atoms with Gasteiger partial charge in [0.25, 0.3) is 0 Å². The van der Waals surface area contributed by atoms with E-state index in [1.165, 1.54) is 6.07 Å². The molecule has 0 aromatic heterocycles. The van der Waals surface area contributed by atoms with Crippen LogP contribution in [0.4, 0.5) is 17.6 Å². The number of rotatable bonds is 3. The third kappa shape index (κ3) is 2.97. The molecular formula is C12H13F4N. The molecule has 1 aromatic carbocycles. The normalized spacial score (nSPS) is 16.9. The van der Waals surface area contributed by atoms with Crippen LogP contribution in [0.25, 0.3) is 0 Å². The molecule has 17 heavy (non-hydrogen) atoms. The third-order valence-electron chi connectivity index (χ3n) is 3.07. The molecule has 94 valence electrons. The van der Waals surface area contributed by atoms with Crippen LogP contribution in [0.5, 0.6) is 0 Å². The molecule has 0 amide bonds. The molecule has 0 spiro atoms. The summed E-state index contributed by atoms with van der Waals surface area (Å²) < 4.78 is 50.3. The summed E-state index contributed by atoms with van der Waals surface area (Å²) in [5, 5.41) is 3.11. The quantitative estimate of drug-likeness (QED) is 0.806. The van der Waals surface area contributed by atoms with Crippen molar-refractivity contribution < 1.29 is 17.6 Å². The molecule has 1 fully saturated rings. The third-order valence-corrected chi connectivity index (χ3v) is 3.07. The van der Waals surface area contributed by atoms with Crippen molar-refractivity contribution in [3.05, 3.63) is 35.1 Å². The zero-order chi connectivity index (χ0) is 12.5. The maximum Gasteiger partial charge on any atom is 0.416 e. The van der Waals surface area contributed by atoms with E-state index in [4.69, 9.17) is 0 Å². The summed E-state index contributed by atoms with van der Waals surface area (Å²) in [5.41, 5.74) is -0.660. The van der Waals surface area contributed by atoms with E-state index in [1.54, 1.807) is 0 Å². The fourth-order valence-electron chi connectivity index (χ4n) is 1.73. The molecule has 1 aromatic rings. The first-order valence-electron chi connectivity index (χ1n) is 5.56. The molecule has 1 aliphatic carbocycles. The van der Waals surface area contributed by atoms with Crippen molar-refractivity contribution in [2.75, 3.05) is 0 Å². The average molecular weight is 247 g/mol. The van der Waals surface area contributed by atoms with Gasteiger partial charge in [0.1, 0.15) is 5.82 Å². The fraction of sp³-hybridized carbons (Fsp3) is 0.500. The molecule has 1 N–H and O–H groups in total. The van der Waals surface area contributed by atoms with E-state index in [0.717, 1.165) is 25.3 Å². The standard InChI is InChI=1S/C12H13F4N/c13-11-6-9(12(14,15)16)5-4-8(11)7-17-10-2-1-3-10/h4-6,10,17H,1-3,7H2. The van der Waals surface area contributed by atoms with Crippen LogP contribution in [0.2, 0.25) is 0 Å². The van der Waals surface area contributed by atoms with Crippen molar-refractivity contribution in [3.63, 3.8) is 0 Å². The SMILES string of the molecule is Fc1cc(C(F)(F)F)ccc1CNC1CCC1. The van der Waals surface area contributed by atoms with Crippen LogP contribution in [0, 0.1) is 5.82 Å². The molecule has 1 saturated carbocycles. The Hall–Kier alpha value is -1.10. The first-order valence-corrected chi connectivity index (χ1v) is 5.56. The lowest BCUT2D eigenvalue weighted by atomic mass is 9.93. The Labute approximate surface area is 96.8 Å². The van der Waals surface area contributed by atoms with Crippen LogP contribution in [0.3, 0.4) is 0 Å². The second-order valence-corrected chi connectivity index (χ2v) is 4.31. The van der Waals surface area contributed by atoms with Gasteiger partial charge in [0.15, 0.2) is 0 Å². The Kier molecular flexibility index (Phi) is 3.38. The Morgan fingerprint density at radius 3 is 2.41 bits per heavy atom. The van der Waals surface area contributed by atoms with Gasteiger partial charge in [-0.2, -0.15) is 13.2 Å². The topological polar surface area (TPSA) is 12.0 Å². The minimum atomic E-state index is -4.49. The van der Waals surface area contributed by atoms with Crippen molar-refractivity contribution in [1.29, 1.82) is 0 Å². The number of hydrogen-bond donors (Lipinski definition) is 1. The Bertz CT molecular complexity index is 396. The van der Waals surface area contributed by atoms with E-state index in [1.807, 2.05) is 0 Å². The highest BCUT2D eigenvalue weighted by molar-refractivity contribution is 5.26. The van der Waals surface area contributed by atoms with Gasteiger partial charge in [0, 0.05) is 18.2 Å². The predicted octanol–water partition coefficient (Wildman–Crippen LogP) is 3.49. The van der Waals surface area contributed by atoms with Crippen molar-refractivity contribution in [2.24, 2.45) is 0 Å². The smallest absolute Gasteiger partial charge is 0.310 e. The summed E-state index contributed by atoms with van der Waals surface area (Å²) in [6, 6.07) is 3.05. The van der Waals surface area contributed by atoms with Crippen molar-refractivity contribution in [2.45, 2.75) is 38.0 Å². The molecule has 0 unspecified atom stereocenters. The van der Waals surface area contributed by atoms with Gasteiger partial charge in [-0.25, -0.2) is 4.39 Å². The van der Waals surface area contributed by atoms with Crippen molar-refractivity contribution in [1.82, 2.24) is 5.32 Å². The molecular weight excluding hydrogens is 234 g/mol. The monoisotopic (exact) mass is 247 g/mol. The van der Waals surface area contributed by atoms with Gasteiger partial charge in [-0.3, -0.25) is 0 Å². The van der Waals surface area contributed by atoms with Crippen molar-refractivity contribution in [3.8, 4) is 0 Å². The van der Waals surface area contributed by atoms with E-state index >= 15 is 0 Å². The lowest BCUT2D eigenvalue weighted by molar-refractivity contribution is -0.137. The van der Waals surface area contributed by atoms with Crippen LogP contribution in [-0.4, -0.2) is 6.04 Å². The average Bonchev–Trinajstić information content (AvgIpc) is 2.16. The second kappa shape index (κ2) is 4.64.